The standard InChI is InChI=1S/C10H10B2ClFN2O5/c1-3-5(17)7(21-9(3,14)10(11,12)20)16-2-4(13)6(18)15-8(16)19/h2-3,5,7,17,20H,1H3,(H,15,18,19)/t3-,5+,7+,9-/m0/s1. The molecule has 110 valence electrons. The van der Waals surface area contributed by atoms with E-state index in [1.54, 1.807) is 0 Å². The van der Waals surface area contributed by atoms with Crippen molar-refractivity contribution in [2.24, 2.45) is 5.92 Å². The molecule has 7 nitrogen and oxygen atoms in total. The van der Waals surface area contributed by atoms with E-state index in [1.807, 2.05) is 4.98 Å². The molecule has 1 aliphatic heterocycles. The smallest absolute Gasteiger partial charge is 0.330 e. The van der Waals surface area contributed by atoms with Gasteiger partial charge in [-0.2, -0.15) is 0 Å². The summed E-state index contributed by atoms with van der Waals surface area (Å²) in [5, 5.41) is 16.2. The van der Waals surface area contributed by atoms with Crippen LogP contribution in [0.5, 0.6) is 0 Å². The molecule has 0 aliphatic carbocycles. The molecule has 2 heterocycles. The summed E-state index contributed by atoms with van der Waals surface area (Å²) in [6, 6.07) is 0. The molecule has 4 atom stereocenters. The summed E-state index contributed by atoms with van der Waals surface area (Å²) in [5.74, 6) is -4.38. The summed E-state index contributed by atoms with van der Waals surface area (Å²) in [6.45, 7) is 1.19. The highest BCUT2D eigenvalue weighted by atomic mass is 35.5. The number of hydrogen-bond donors (Lipinski definition) is 3. The SMILES string of the molecule is [B]C([B])(O)[C@@]1(F)O[C@@H](n2cc(Cl)c(=O)[nH]c2=O)[C@H](O)[C@@H]1C. The van der Waals surface area contributed by atoms with Crippen molar-refractivity contribution in [3.8, 4) is 0 Å². The van der Waals surface area contributed by atoms with Gasteiger partial charge in [0.1, 0.15) is 26.8 Å². The maximum absolute atomic E-state index is 14.6. The van der Waals surface area contributed by atoms with E-state index in [9.17, 15) is 24.2 Å². The van der Waals surface area contributed by atoms with Crippen LogP contribution in [0.25, 0.3) is 0 Å². The van der Waals surface area contributed by atoms with E-state index in [2.05, 4.69) is 0 Å². The second kappa shape index (κ2) is 4.98. The zero-order chi connectivity index (χ0) is 16.2. The number of aliphatic hydroxyl groups excluding tert-OH is 1. The van der Waals surface area contributed by atoms with Crippen molar-refractivity contribution in [2.45, 2.75) is 30.5 Å². The lowest BCUT2D eigenvalue weighted by molar-refractivity contribution is -0.218. The van der Waals surface area contributed by atoms with Gasteiger partial charge in [-0.1, -0.05) is 18.5 Å². The van der Waals surface area contributed by atoms with Crippen molar-refractivity contribution in [2.75, 3.05) is 0 Å². The Morgan fingerprint density at radius 3 is 2.62 bits per heavy atom. The molecular formula is C10H10B2ClFN2O5. The summed E-state index contributed by atoms with van der Waals surface area (Å²) in [4.78, 5) is 24.8. The third kappa shape index (κ3) is 2.46. The van der Waals surface area contributed by atoms with E-state index >= 15 is 0 Å². The monoisotopic (exact) mass is 314 g/mol. The number of halogens is 2. The molecule has 1 fully saturated rings. The number of aliphatic hydroxyl groups is 2. The number of ether oxygens (including phenoxy) is 1. The average molecular weight is 314 g/mol. The van der Waals surface area contributed by atoms with E-state index in [-0.39, 0.29) is 5.02 Å². The van der Waals surface area contributed by atoms with Gasteiger partial charge in [-0.15, -0.1) is 0 Å². The topological polar surface area (TPSA) is 105 Å². The van der Waals surface area contributed by atoms with Crippen LogP contribution in [0.15, 0.2) is 15.8 Å². The Kier molecular flexibility index (Phi) is 3.86. The molecule has 4 radical (unpaired) electrons. The fourth-order valence-corrected chi connectivity index (χ4v) is 2.30. The van der Waals surface area contributed by atoms with Gasteiger partial charge in [-0.25, -0.2) is 9.18 Å². The Hall–Kier alpha value is -1.09. The van der Waals surface area contributed by atoms with Crippen LogP contribution < -0.4 is 11.2 Å². The fourth-order valence-electron chi connectivity index (χ4n) is 2.15. The molecule has 0 spiro atoms. The van der Waals surface area contributed by atoms with E-state index in [4.69, 9.17) is 32.0 Å². The molecule has 1 aliphatic rings. The Labute approximate surface area is 125 Å². The molecule has 1 aromatic rings. The van der Waals surface area contributed by atoms with Gasteiger partial charge in [0.2, 0.25) is 5.85 Å². The number of aromatic nitrogens is 2. The number of aromatic amines is 1. The minimum absolute atomic E-state index is 0.370. The first-order valence-electron chi connectivity index (χ1n) is 5.85. The summed E-state index contributed by atoms with van der Waals surface area (Å²) in [5.41, 5.74) is -1.83. The minimum Gasteiger partial charge on any atom is -0.403 e. The third-order valence-electron chi connectivity index (χ3n) is 3.43. The molecule has 11 heteroatoms. The van der Waals surface area contributed by atoms with Gasteiger partial charge >= 0.3 is 5.69 Å². The van der Waals surface area contributed by atoms with Gasteiger partial charge in [0.05, 0.1) is 0 Å². The van der Waals surface area contributed by atoms with Crippen LogP contribution in [0.1, 0.15) is 13.2 Å². The summed E-state index contributed by atoms with van der Waals surface area (Å²) in [7, 11) is 10.2. The van der Waals surface area contributed by atoms with Gasteiger partial charge in [-0.3, -0.25) is 14.3 Å². The first-order chi connectivity index (χ1) is 9.49. The molecule has 1 aromatic heterocycles. The zero-order valence-electron chi connectivity index (χ0n) is 10.8. The zero-order valence-corrected chi connectivity index (χ0v) is 11.5. The maximum atomic E-state index is 14.6. The summed E-state index contributed by atoms with van der Waals surface area (Å²) >= 11 is 5.58. The van der Waals surface area contributed by atoms with Gasteiger partial charge in [0.25, 0.3) is 5.56 Å². The number of nitrogens with one attached hydrogen (secondary N) is 1. The molecule has 0 aromatic carbocycles. The number of alkyl halides is 1. The van der Waals surface area contributed by atoms with Crippen molar-refractivity contribution >= 4 is 27.3 Å². The Balaban J connectivity index is 2.51. The third-order valence-corrected chi connectivity index (χ3v) is 3.70. The van der Waals surface area contributed by atoms with Crippen molar-refractivity contribution in [3.05, 3.63) is 32.1 Å². The van der Waals surface area contributed by atoms with Gasteiger partial charge in [0.15, 0.2) is 6.23 Å². The van der Waals surface area contributed by atoms with Crippen LogP contribution in [0.3, 0.4) is 0 Å². The quantitative estimate of drug-likeness (QED) is 0.568. The number of rotatable bonds is 2. The molecular weight excluding hydrogens is 304 g/mol. The minimum atomic E-state index is -3.01. The van der Waals surface area contributed by atoms with Gasteiger partial charge in [0, 0.05) is 17.5 Å². The molecule has 2 rings (SSSR count). The Bertz CT molecular complexity index is 675. The van der Waals surface area contributed by atoms with Crippen LogP contribution in [0, 0.1) is 5.92 Å². The number of H-pyrrole nitrogens is 1. The van der Waals surface area contributed by atoms with Crippen molar-refractivity contribution in [1.82, 2.24) is 9.55 Å². The van der Waals surface area contributed by atoms with Crippen LogP contribution >= 0.6 is 11.6 Å². The van der Waals surface area contributed by atoms with Crippen molar-refractivity contribution < 1.29 is 19.3 Å². The van der Waals surface area contributed by atoms with E-state index < -0.39 is 40.8 Å². The largest absolute Gasteiger partial charge is 0.403 e. The van der Waals surface area contributed by atoms with Crippen molar-refractivity contribution in [3.63, 3.8) is 0 Å². The molecule has 1 saturated heterocycles. The van der Waals surface area contributed by atoms with Crippen LogP contribution in [0.2, 0.25) is 5.02 Å². The van der Waals surface area contributed by atoms with E-state index in [0.717, 1.165) is 6.20 Å². The molecule has 0 bridgehead atoms. The lowest BCUT2D eigenvalue weighted by atomic mass is 9.58. The molecule has 21 heavy (non-hydrogen) atoms. The Morgan fingerprint density at radius 1 is 1.57 bits per heavy atom. The lowest BCUT2D eigenvalue weighted by Crippen LogP contribution is -2.56. The summed E-state index contributed by atoms with van der Waals surface area (Å²) in [6.07, 6.45) is -2.28. The second-order valence-corrected chi connectivity index (χ2v) is 5.31. The highest BCUT2D eigenvalue weighted by molar-refractivity contribution is 6.39. The first kappa shape index (κ1) is 16.3. The fraction of sp³-hybridized carbons (Fsp3) is 0.600. The average Bonchev–Trinajstić information content (AvgIpc) is 2.59. The lowest BCUT2D eigenvalue weighted by Gasteiger charge is -2.36. The predicted molar refractivity (Wildman–Crippen MR) is 71.9 cm³/mol. The first-order valence-corrected chi connectivity index (χ1v) is 6.22. The van der Waals surface area contributed by atoms with Gasteiger partial charge in [-0.05, 0) is 0 Å². The highest BCUT2D eigenvalue weighted by Gasteiger charge is 2.60. The van der Waals surface area contributed by atoms with E-state index in [1.165, 1.54) is 6.92 Å². The van der Waals surface area contributed by atoms with Crippen LogP contribution in [-0.2, 0) is 4.74 Å². The normalized spacial score (nSPS) is 33.3. The van der Waals surface area contributed by atoms with Gasteiger partial charge < -0.3 is 14.9 Å². The summed E-state index contributed by atoms with van der Waals surface area (Å²) < 4.78 is 20.2. The Morgan fingerprint density at radius 2 is 2.14 bits per heavy atom. The number of hydrogen-bond acceptors (Lipinski definition) is 5. The van der Waals surface area contributed by atoms with Crippen LogP contribution in [-0.4, -0.2) is 52.8 Å². The van der Waals surface area contributed by atoms with Crippen molar-refractivity contribution in [1.29, 1.82) is 0 Å². The number of nitrogens with zero attached hydrogens (tertiary/aromatic N) is 1. The molecule has 0 amide bonds. The second-order valence-electron chi connectivity index (χ2n) is 4.90. The molecule has 3 N–H and O–H groups in total. The van der Waals surface area contributed by atoms with E-state index in [0.29, 0.717) is 4.57 Å². The molecule has 0 saturated carbocycles. The maximum Gasteiger partial charge on any atom is 0.330 e. The highest BCUT2D eigenvalue weighted by Crippen LogP contribution is 2.46. The predicted octanol–water partition coefficient (Wildman–Crippen LogP) is -1.64. The van der Waals surface area contributed by atoms with Crippen LogP contribution in [0.4, 0.5) is 4.39 Å². The molecule has 0 unspecified atom stereocenters.